The van der Waals surface area contributed by atoms with Crippen molar-refractivity contribution in [3.63, 3.8) is 0 Å². The lowest BCUT2D eigenvalue weighted by atomic mass is 9.80. The molecule has 0 bridgehead atoms. The molecule has 1 fully saturated rings. The van der Waals surface area contributed by atoms with E-state index in [1.165, 1.54) is 30.4 Å². The maximum Gasteiger partial charge on any atom is 0.132 e. The van der Waals surface area contributed by atoms with Crippen molar-refractivity contribution in [3.8, 4) is 11.3 Å². The number of nitrogens with zero attached hydrogens (tertiary/aromatic N) is 2. The predicted octanol–water partition coefficient (Wildman–Crippen LogP) is 4.54. The Kier molecular flexibility index (Phi) is 4.18. The smallest absolute Gasteiger partial charge is 0.132 e. The Balaban J connectivity index is 1.85. The van der Waals surface area contributed by atoms with Gasteiger partial charge in [0, 0.05) is 17.7 Å². The SMILES string of the molecule is CCCNc1ncnc(-c2ccc(C3CCC3)cc2)c1C. The maximum absolute atomic E-state index is 4.47. The Bertz CT molecular complexity index is 600. The second-order valence-corrected chi connectivity index (χ2v) is 5.87. The van der Waals surface area contributed by atoms with E-state index in [-0.39, 0.29) is 0 Å². The molecule has 0 saturated heterocycles. The average molecular weight is 281 g/mol. The molecule has 0 radical (unpaired) electrons. The molecule has 1 heterocycles. The van der Waals surface area contributed by atoms with Crippen LogP contribution < -0.4 is 5.32 Å². The Morgan fingerprint density at radius 1 is 1.14 bits per heavy atom. The van der Waals surface area contributed by atoms with E-state index >= 15 is 0 Å². The van der Waals surface area contributed by atoms with Crippen molar-refractivity contribution < 1.29 is 0 Å². The van der Waals surface area contributed by atoms with Gasteiger partial charge in [-0.25, -0.2) is 9.97 Å². The number of hydrogen-bond donors (Lipinski definition) is 1. The van der Waals surface area contributed by atoms with Gasteiger partial charge in [-0.1, -0.05) is 37.6 Å². The molecule has 0 atom stereocenters. The fraction of sp³-hybridized carbons (Fsp3) is 0.444. The minimum atomic E-state index is 0.785. The fourth-order valence-corrected chi connectivity index (χ4v) is 2.82. The lowest BCUT2D eigenvalue weighted by molar-refractivity contribution is 0.420. The van der Waals surface area contributed by atoms with E-state index in [4.69, 9.17) is 0 Å². The van der Waals surface area contributed by atoms with Crippen molar-refractivity contribution in [2.24, 2.45) is 0 Å². The van der Waals surface area contributed by atoms with Crippen molar-refractivity contribution in [3.05, 3.63) is 41.7 Å². The summed E-state index contributed by atoms with van der Waals surface area (Å²) in [4.78, 5) is 8.82. The van der Waals surface area contributed by atoms with Gasteiger partial charge in [0.2, 0.25) is 0 Å². The minimum absolute atomic E-state index is 0.785. The third-order valence-corrected chi connectivity index (χ3v) is 4.39. The first-order chi connectivity index (χ1) is 10.3. The van der Waals surface area contributed by atoms with Crippen LogP contribution in [0, 0.1) is 6.92 Å². The van der Waals surface area contributed by atoms with Crippen molar-refractivity contribution in [2.45, 2.75) is 45.4 Å². The number of aromatic nitrogens is 2. The maximum atomic E-state index is 4.47. The quantitative estimate of drug-likeness (QED) is 0.874. The van der Waals surface area contributed by atoms with E-state index in [2.05, 4.69) is 53.4 Å². The Morgan fingerprint density at radius 2 is 1.90 bits per heavy atom. The zero-order valence-corrected chi connectivity index (χ0v) is 12.9. The van der Waals surface area contributed by atoms with E-state index in [0.29, 0.717) is 0 Å². The summed E-state index contributed by atoms with van der Waals surface area (Å²) in [6, 6.07) is 8.93. The summed E-state index contributed by atoms with van der Waals surface area (Å²) in [6.07, 6.45) is 6.81. The second-order valence-electron chi connectivity index (χ2n) is 5.87. The second kappa shape index (κ2) is 6.25. The van der Waals surface area contributed by atoms with Gasteiger partial charge >= 0.3 is 0 Å². The van der Waals surface area contributed by atoms with Gasteiger partial charge in [0.15, 0.2) is 0 Å². The third kappa shape index (κ3) is 2.92. The van der Waals surface area contributed by atoms with Crippen LogP contribution in [0.25, 0.3) is 11.3 Å². The normalized spacial score (nSPS) is 14.8. The first-order valence-electron chi connectivity index (χ1n) is 7.95. The molecule has 0 aliphatic heterocycles. The van der Waals surface area contributed by atoms with Gasteiger partial charge in [0.25, 0.3) is 0 Å². The summed E-state index contributed by atoms with van der Waals surface area (Å²) in [5, 5.41) is 3.37. The highest BCUT2D eigenvalue weighted by Gasteiger charge is 2.19. The van der Waals surface area contributed by atoms with Crippen LogP contribution in [0.4, 0.5) is 5.82 Å². The Morgan fingerprint density at radius 3 is 2.52 bits per heavy atom. The summed E-state index contributed by atoms with van der Waals surface area (Å²) >= 11 is 0. The standard InChI is InChI=1S/C18H23N3/c1-3-11-19-18-13(2)17(20-12-21-18)16-9-7-15(8-10-16)14-5-4-6-14/h7-10,12,14H,3-6,11H2,1-2H3,(H,19,20,21). The summed E-state index contributed by atoms with van der Waals surface area (Å²) in [5.74, 6) is 1.73. The number of benzene rings is 1. The summed E-state index contributed by atoms with van der Waals surface area (Å²) in [6.45, 7) is 5.19. The lowest BCUT2D eigenvalue weighted by Gasteiger charge is -2.25. The molecule has 1 aliphatic carbocycles. The molecule has 0 spiro atoms. The molecule has 0 unspecified atom stereocenters. The highest BCUT2D eigenvalue weighted by molar-refractivity contribution is 5.68. The van der Waals surface area contributed by atoms with E-state index < -0.39 is 0 Å². The average Bonchev–Trinajstić information content (AvgIpc) is 2.45. The van der Waals surface area contributed by atoms with Crippen molar-refractivity contribution in [2.75, 3.05) is 11.9 Å². The molecule has 1 aromatic carbocycles. The van der Waals surface area contributed by atoms with Gasteiger partial charge in [-0.3, -0.25) is 0 Å². The molecule has 21 heavy (non-hydrogen) atoms. The molecule has 2 aromatic rings. The molecule has 1 aromatic heterocycles. The van der Waals surface area contributed by atoms with Crippen LogP contribution in [-0.4, -0.2) is 16.5 Å². The van der Waals surface area contributed by atoms with Gasteiger partial charge in [0.05, 0.1) is 5.69 Å². The fourth-order valence-electron chi connectivity index (χ4n) is 2.82. The molecule has 1 aliphatic rings. The number of anilines is 1. The summed E-state index contributed by atoms with van der Waals surface area (Å²) in [5.41, 5.74) is 4.81. The largest absolute Gasteiger partial charge is 0.370 e. The molecule has 3 rings (SSSR count). The summed E-state index contributed by atoms with van der Waals surface area (Å²) < 4.78 is 0. The number of hydrogen-bond acceptors (Lipinski definition) is 3. The van der Waals surface area contributed by atoms with Gasteiger partial charge in [0.1, 0.15) is 12.1 Å². The molecular formula is C18H23N3. The van der Waals surface area contributed by atoms with Crippen molar-refractivity contribution in [1.29, 1.82) is 0 Å². The van der Waals surface area contributed by atoms with Crippen LogP contribution in [0.1, 0.15) is 49.7 Å². The number of nitrogens with one attached hydrogen (secondary N) is 1. The molecule has 0 amide bonds. The van der Waals surface area contributed by atoms with Crippen LogP contribution in [0.5, 0.6) is 0 Å². The van der Waals surface area contributed by atoms with E-state index in [1.54, 1.807) is 6.33 Å². The Labute approximate surface area is 126 Å². The van der Waals surface area contributed by atoms with Crippen LogP contribution >= 0.6 is 0 Å². The zero-order valence-electron chi connectivity index (χ0n) is 12.9. The first-order valence-corrected chi connectivity index (χ1v) is 7.95. The first kappa shape index (κ1) is 14.1. The van der Waals surface area contributed by atoms with Crippen LogP contribution in [0.3, 0.4) is 0 Å². The van der Waals surface area contributed by atoms with Crippen LogP contribution in [0.2, 0.25) is 0 Å². The Hall–Kier alpha value is -1.90. The number of rotatable bonds is 5. The minimum Gasteiger partial charge on any atom is -0.370 e. The van der Waals surface area contributed by atoms with Gasteiger partial charge in [-0.05, 0) is 37.7 Å². The molecule has 3 heteroatoms. The van der Waals surface area contributed by atoms with Crippen LogP contribution in [-0.2, 0) is 0 Å². The zero-order chi connectivity index (χ0) is 14.7. The highest BCUT2D eigenvalue weighted by atomic mass is 15.0. The van der Waals surface area contributed by atoms with E-state index in [0.717, 1.165) is 36.0 Å². The van der Waals surface area contributed by atoms with Gasteiger partial charge in [-0.2, -0.15) is 0 Å². The predicted molar refractivity (Wildman–Crippen MR) is 87.6 cm³/mol. The topological polar surface area (TPSA) is 37.8 Å². The van der Waals surface area contributed by atoms with Crippen LogP contribution in [0.15, 0.2) is 30.6 Å². The van der Waals surface area contributed by atoms with Gasteiger partial charge < -0.3 is 5.32 Å². The lowest BCUT2D eigenvalue weighted by Crippen LogP contribution is -2.08. The van der Waals surface area contributed by atoms with E-state index in [1.807, 2.05) is 0 Å². The molecule has 1 N–H and O–H groups in total. The monoisotopic (exact) mass is 281 g/mol. The summed E-state index contributed by atoms with van der Waals surface area (Å²) in [7, 11) is 0. The third-order valence-electron chi connectivity index (χ3n) is 4.39. The molecule has 1 saturated carbocycles. The van der Waals surface area contributed by atoms with E-state index in [9.17, 15) is 0 Å². The van der Waals surface area contributed by atoms with Crippen molar-refractivity contribution >= 4 is 5.82 Å². The molecule has 3 nitrogen and oxygen atoms in total. The van der Waals surface area contributed by atoms with Gasteiger partial charge in [-0.15, -0.1) is 0 Å². The van der Waals surface area contributed by atoms with Crippen molar-refractivity contribution in [1.82, 2.24) is 9.97 Å². The molecular weight excluding hydrogens is 258 g/mol. The highest BCUT2D eigenvalue weighted by Crippen LogP contribution is 2.37. The molecule has 110 valence electrons.